The lowest BCUT2D eigenvalue weighted by Gasteiger charge is -2.50. The molecule has 1 N–H and O–H groups in total. The molecule has 4 atom stereocenters. The van der Waals surface area contributed by atoms with Crippen molar-refractivity contribution in [1.82, 2.24) is 10.2 Å². The lowest BCUT2D eigenvalue weighted by molar-refractivity contribution is 0.00571. The summed E-state index contributed by atoms with van der Waals surface area (Å²) in [5.74, 6) is 0.862. The minimum Gasteiger partial charge on any atom is -0.315 e. The predicted molar refractivity (Wildman–Crippen MR) is 78.8 cm³/mol. The number of hydrogen-bond acceptors (Lipinski definition) is 2. The zero-order chi connectivity index (χ0) is 13.3. The minimum absolute atomic E-state index is 0.526. The molecule has 0 aromatic rings. The van der Waals surface area contributed by atoms with Gasteiger partial charge in [-0.15, -0.1) is 0 Å². The van der Waals surface area contributed by atoms with Crippen LogP contribution in [-0.2, 0) is 0 Å². The molecule has 0 bridgehead atoms. The van der Waals surface area contributed by atoms with Gasteiger partial charge in [-0.3, -0.25) is 4.90 Å². The normalized spacial score (nSPS) is 41.8. The molecule has 1 aliphatic carbocycles. The lowest BCUT2D eigenvalue weighted by Crippen LogP contribution is -2.58. The quantitative estimate of drug-likeness (QED) is 0.811. The van der Waals surface area contributed by atoms with Gasteiger partial charge in [0, 0.05) is 18.1 Å². The number of likely N-dealkylation sites (N-methyl/N-ethyl adjacent to an activating group) is 1. The number of nitrogens with one attached hydrogen (secondary N) is 1. The van der Waals surface area contributed by atoms with E-state index in [1.54, 1.807) is 0 Å². The van der Waals surface area contributed by atoms with Gasteiger partial charge in [0.1, 0.15) is 0 Å². The number of piperidine rings is 1. The van der Waals surface area contributed by atoms with Gasteiger partial charge in [0.05, 0.1) is 0 Å². The zero-order valence-corrected chi connectivity index (χ0v) is 13.0. The van der Waals surface area contributed by atoms with Crippen LogP contribution in [0.15, 0.2) is 0 Å². The summed E-state index contributed by atoms with van der Waals surface area (Å²) in [7, 11) is 2.15. The van der Waals surface area contributed by atoms with E-state index in [0.717, 1.165) is 18.0 Å². The molecule has 106 valence electrons. The second-order valence-electron chi connectivity index (χ2n) is 7.47. The second-order valence-corrected chi connectivity index (χ2v) is 7.47. The topological polar surface area (TPSA) is 15.3 Å². The summed E-state index contributed by atoms with van der Waals surface area (Å²) >= 11 is 0. The Balaban J connectivity index is 2.11. The van der Waals surface area contributed by atoms with E-state index in [0.29, 0.717) is 11.5 Å². The number of nitrogens with zero attached hydrogens (tertiary/aromatic N) is 1. The fourth-order valence-electron chi connectivity index (χ4n) is 4.07. The fourth-order valence-corrected chi connectivity index (χ4v) is 4.07. The first-order chi connectivity index (χ1) is 8.44. The van der Waals surface area contributed by atoms with Gasteiger partial charge in [0.15, 0.2) is 0 Å². The van der Waals surface area contributed by atoms with Crippen LogP contribution in [0.4, 0.5) is 0 Å². The summed E-state index contributed by atoms with van der Waals surface area (Å²) < 4.78 is 0. The molecule has 0 aromatic heterocycles. The monoisotopic (exact) mass is 252 g/mol. The largest absolute Gasteiger partial charge is 0.315 e. The molecular formula is C16H32N2. The second kappa shape index (κ2) is 5.50. The van der Waals surface area contributed by atoms with Gasteiger partial charge >= 0.3 is 0 Å². The Bertz CT molecular complexity index is 274. The smallest absolute Gasteiger partial charge is 0.0257 e. The maximum Gasteiger partial charge on any atom is 0.0257 e. The highest BCUT2D eigenvalue weighted by Crippen LogP contribution is 2.39. The van der Waals surface area contributed by atoms with E-state index in [1.165, 1.54) is 38.6 Å². The molecule has 0 radical (unpaired) electrons. The summed E-state index contributed by atoms with van der Waals surface area (Å²) in [4.78, 5) is 2.82. The van der Waals surface area contributed by atoms with Crippen LogP contribution in [0.2, 0.25) is 0 Å². The Kier molecular flexibility index (Phi) is 4.38. The van der Waals surface area contributed by atoms with Crippen LogP contribution >= 0.6 is 0 Å². The molecule has 2 nitrogen and oxygen atoms in total. The number of rotatable bonds is 2. The van der Waals surface area contributed by atoms with Gasteiger partial charge in [-0.05, 0) is 64.0 Å². The van der Waals surface area contributed by atoms with Gasteiger partial charge in [0.2, 0.25) is 0 Å². The van der Waals surface area contributed by atoms with Crippen molar-refractivity contribution >= 4 is 0 Å². The molecule has 1 aliphatic heterocycles. The average Bonchev–Trinajstić information content (AvgIpc) is 2.32. The van der Waals surface area contributed by atoms with E-state index >= 15 is 0 Å². The molecule has 4 unspecified atom stereocenters. The van der Waals surface area contributed by atoms with Crippen molar-refractivity contribution in [3.05, 3.63) is 0 Å². The molecule has 0 aromatic carbocycles. The molecule has 2 aliphatic rings. The maximum atomic E-state index is 3.58. The maximum absolute atomic E-state index is 3.58. The zero-order valence-electron chi connectivity index (χ0n) is 13.0. The van der Waals surface area contributed by atoms with Crippen LogP contribution in [0.3, 0.4) is 0 Å². The van der Waals surface area contributed by atoms with Crippen molar-refractivity contribution in [2.75, 3.05) is 13.6 Å². The van der Waals surface area contributed by atoms with E-state index in [1.807, 2.05) is 0 Å². The van der Waals surface area contributed by atoms with Crippen molar-refractivity contribution in [2.24, 2.45) is 11.3 Å². The van der Waals surface area contributed by atoms with Gasteiger partial charge in [-0.1, -0.05) is 20.8 Å². The third-order valence-electron chi connectivity index (χ3n) is 5.58. The van der Waals surface area contributed by atoms with Crippen molar-refractivity contribution in [3.63, 3.8) is 0 Å². The molecule has 0 amide bonds. The van der Waals surface area contributed by atoms with Gasteiger partial charge < -0.3 is 5.32 Å². The highest BCUT2D eigenvalue weighted by Gasteiger charge is 2.40. The van der Waals surface area contributed by atoms with E-state index in [-0.39, 0.29) is 0 Å². The molecule has 18 heavy (non-hydrogen) atoms. The van der Waals surface area contributed by atoms with Gasteiger partial charge in [-0.25, -0.2) is 0 Å². The Morgan fingerprint density at radius 3 is 2.56 bits per heavy atom. The Hall–Kier alpha value is -0.0800. The molecule has 2 heteroatoms. The van der Waals surface area contributed by atoms with E-state index < -0.39 is 0 Å². The highest BCUT2D eigenvalue weighted by atomic mass is 15.2. The van der Waals surface area contributed by atoms with Crippen LogP contribution in [-0.4, -0.2) is 36.6 Å². The summed E-state index contributed by atoms with van der Waals surface area (Å²) in [6.45, 7) is 11.1. The standard InChI is InChI=1S/C16H32N2/c1-12-7-6-10-18(13(12)2)15-11-16(3,4)9-8-14(15)17-5/h12-15,17H,6-11H2,1-5H3. The van der Waals surface area contributed by atoms with Gasteiger partial charge in [0.25, 0.3) is 0 Å². The fraction of sp³-hybridized carbons (Fsp3) is 1.00. The highest BCUT2D eigenvalue weighted by molar-refractivity contribution is 4.97. The van der Waals surface area contributed by atoms with Crippen molar-refractivity contribution in [3.8, 4) is 0 Å². The van der Waals surface area contributed by atoms with Crippen LogP contribution in [0, 0.1) is 11.3 Å². The SMILES string of the molecule is CNC1CCC(C)(C)CC1N1CCCC(C)C1C. The van der Waals surface area contributed by atoms with Crippen molar-refractivity contribution in [1.29, 1.82) is 0 Å². The van der Waals surface area contributed by atoms with E-state index in [4.69, 9.17) is 0 Å². The van der Waals surface area contributed by atoms with E-state index in [9.17, 15) is 0 Å². The van der Waals surface area contributed by atoms with Crippen LogP contribution in [0.1, 0.15) is 59.8 Å². The number of likely N-dealkylation sites (tertiary alicyclic amines) is 1. The predicted octanol–water partition coefficient (Wildman–Crippen LogP) is 3.27. The lowest BCUT2D eigenvalue weighted by atomic mass is 9.71. The summed E-state index contributed by atoms with van der Waals surface area (Å²) in [6.07, 6.45) is 6.87. The van der Waals surface area contributed by atoms with Crippen molar-refractivity contribution in [2.45, 2.75) is 77.9 Å². The molecule has 1 saturated heterocycles. The van der Waals surface area contributed by atoms with E-state index in [2.05, 4.69) is 45.0 Å². The Morgan fingerprint density at radius 2 is 1.89 bits per heavy atom. The molecule has 2 fully saturated rings. The van der Waals surface area contributed by atoms with Gasteiger partial charge in [-0.2, -0.15) is 0 Å². The van der Waals surface area contributed by atoms with Crippen molar-refractivity contribution < 1.29 is 0 Å². The third-order valence-corrected chi connectivity index (χ3v) is 5.58. The first-order valence-electron chi connectivity index (χ1n) is 7.87. The summed E-state index contributed by atoms with van der Waals surface area (Å²) in [5.41, 5.74) is 0.526. The Labute approximate surface area is 114 Å². The molecule has 1 heterocycles. The summed E-state index contributed by atoms with van der Waals surface area (Å²) in [6, 6.07) is 2.20. The third kappa shape index (κ3) is 2.91. The summed E-state index contributed by atoms with van der Waals surface area (Å²) in [5, 5.41) is 3.58. The molecular weight excluding hydrogens is 220 g/mol. The number of hydrogen-bond donors (Lipinski definition) is 1. The molecule has 1 saturated carbocycles. The molecule has 0 spiro atoms. The first kappa shape index (κ1) is 14.3. The van der Waals surface area contributed by atoms with Crippen LogP contribution in [0.5, 0.6) is 0 Å². The van der Waals surface area contributed by atoms with Crippen LogP contribution < -0.4 is 5.32 Å². The van der Waals surface area contributed by atoms with Crippen LogP contribution in [0.25, 0.3) is 0 Å². The average molecular weight is 252 g/mol. The minimum atomic E-state index is 0.526. The molecule has 2 rings (SSSR count). The first-order valence-corrected chi connectivity index (χ1v) is 7.87. The Morgan fingerprint density at radius 1 is 1.17 bits per heavy atom.